The zero-order valence-corrected chi connectivity index (χ0v) is 11.7. The minimum atomic E-state index is -0.862. The zero-order valence-electron chi connectivity index (χ0n) is 10.9. The highest BCUT2D eigenvalue weighted by molar-refractivity contribution is 6.32. The topological polar surface area (TPSA) is 56.5 Å². The largest absolute Gasteiger partial charge is 0.493 e. The summed E-state index contributed by atoms with van der Waals surface area (Å²) < 4.78 is 12.0. The van der Waals surface area contributed by atoms with E-state index in [0.29, 0.717) is 27.8 Å². The molecular weight excluding hydrogens is 268 g/mol. The quantitative estimate of drug-likeness (QED) is 0.934. The van der Waals surface area contributed by atoms with Gasteiger partial charge in [-0.25, -0.2) is 0 Å². The number of aliphatic hydroxyl groups excluding tert-OH is 1. The number of rotatable bonds is 4. The zero-order chi connectivity index (χ0) is 14.0. The fourth-order valence-electron chi connectivity index (χ4n) is 1.85. The Balaban J connectivity index is 2.42. The maximum atomic E-state index is 10.3. The van der Waals surface area contributed by atoms with Crippen molar-refractivity contribution in [2.24, 2.45) is 7.05 Å². The van der Waals surface area contributed by atoms with Gasteiger partial charge >= 0.3 is 0 Å². The molecule has 0 amide bonds. The minimum absolute atomic E-state index is 0.381. The molecule has 0 aliphatic carbocycles. The van der Waals surface area contributed by atoms with Crippen LogP contribution in [-0.2, 0) is 7.05 Å². The second-order valence-corrected chi connectivity index (χ2v) is 4.46. The van der Waals surface area contributed by atoms with E-state index in [9.17, 15) is 5.11 Å². The predicted octanol–water partition coefficient (Wildman–Crippen LogP) is 2.17. The first-order valence-electron chi connectivity index (χ1n) is 5.66. The van der Waals surface area contributed by atoms with Crippen molar-refractivity contribution >= 4 is 11.6 Å². The molecule has 1 unspecified atom stereocenters. The van der Waals surface area contributed by atoms with Gasteiger partial charge in [0.1, 0.15) is 6.10 Å². The smallest absolute Gasteiger partial charge is 0.179 e. The van der Waals surface area contributed by atoms with E-state index < -0.39 is 6.10 Å². The molecule has 102 valence electrons. The Morgan fingerprint density at radius 2 is 2.05 bits per heavy atom. The Morgan fingerprint density at radius 1 is 1.32 bits per heavy atom. The van der Waals surface area contributed by atoms with E-state index in [2.05, 4.69) is 5.10 Å². The Bertz CT molecular complexity index is 583. The summed E-state index contributed by atoms with van der Waals surface area (Å²) in [5, 5.41) is 14.8. The molecule has 0 spiro atoms. The summed E-state index contributed by atoms with van der Waals surface area (Å²) in [6.07, 6.45) is 0.902. The number of hydrogen-bond donors (Lipinski definition) is 1. The average molecular weight is 283 g/mol. The van der Waals surface area contributed by atoms with Gasteiger partial charge in [-0.15, -0.1) is 0 Å². The second-order valence-electron chi connectivity index (χ2n) is 4.06. The van der Waals surface area contributed by atoms with E-state index in [1.54, 1.807) is 36.1 Å². The third-order valence-electron chi connectivity index (χ3n) is 2.79. The molecule has 0 saturated carbocycles. The minimum Gasteiger partial charge on any atom is -0.493 e. The van der Waals surface area contributed by atoms with E-state index in [4.69, 9.17) is 21.1 Å². The number of hydrogen-bond acceptors (Lipinski definition) is 4. The Morgan fingerprint density at radius 3 is 2.58 bits per heavy atom. The third-order valence-corrected chi connectivity index (χ3v) is 3.07. The van der Waals surface area contributed by atoms with Crippen LogP contribution in [0.5, 0.6) is 11.5 Å². The maximum absolute atomic E-state index is 10.3. The second kappa shape index (κ2) is 5.50. The lowest BCUT2D eigenvalue weighted by molar-refractivity contribution is 0.213. The molecule has 0 aliphatic heterocycles. The highest BCUT2D eigenvalue weighted by Gasteiger charge is 2.18. The van der Waals surface area contributed by atoms with Crippen LogP contribution >= 0.6 is 11.6 Å². The third kappa shape index (κ3) is 2.67. The summed E-state index contributed by atoms with van der Waals surface area (Å²) in [6.45, 7) is 0. The molecule has 2 rings (SSSR count). The van der Waals surface area contributed by atoms with Crippen molar-refractivity contribution in [3.05, 3.63) is 40.7 Å². The van der Waals surface area contributed by atoms with Gasteiger partial charge in [-0.05, 0) is 23.8 Å². The van der Waals surface area contributed by atoms with E-state index in [1.165, 1.54) is 14.2 Å². The summed E-state index contributed by atoms with van der Waals surface area (Å²) in [7, 11) is 4.82. The standard InChI is InChI=1S/C13H15ClN2O3/c1-16-5-4-10(15-16)12(17)8-6-9(14)13(19-3)11(7-8)18-2/h4-7,12,17H,1-3H3. The van der Waals surface area contributed by atoms with Gasteiger partial charge in [0.25, 0.3) is 0 Å². The first-order valence-corrected chi connectivity index (χ1v) is 6.03. The number of halogens is 1. The molecule has 0 fully saturated rings. The summed E-state index contributed by atoms with van der Waals surface area (Å²) >= 11 is 6.11. The van der Waals surface area contributed by atoms with Crippen LogP contribution in [0.25, 0.3) is 0 Å². The number of nitrogens with zero attached hydrogens (tertiary/aromatic N) is 2. The molecule has 1 aromatic heterocycles. The van der Waals surface area contributed by atoms with E-state index in [0.717, 1.165) is 0 Å². The number of ether oxygens (including phenoxy) is 2. The average Bonchev–Trinajstić information content (AvgIpc) is 2.83. The fraction of sp³-hybridized carbons (Fsp3) is 0.308. The van der Waals surface area contributed by atoms with Gasteiger partial charge in [0.2, 0.25) is 0 Å². The molecule has 19 heavy (non-hydrogen) atoms. The molecule has 0 bridgehead atoms. The van der Waals surface area contributed by atoms with Crippen molar-refractivity contribution in [1.29, 1.82) is 0 Å². The summed E-state index contributed by atoms with van der Waals surface area (Å²) in [5.41, 5.74) is 1.15. The first kappa shape index (κ1) is 13.7. The molecule has 5 nitrogen and oxygen atoms in total. The molecule has 0 saturated heterocycles. The van der Waals surface area contributed by atoms with Gasteiger partial charge in [-0.3, -0.25) is 4.68 Å². The van der Waals surface area contributed by atoms with Gasteiger partial charge in [0, 0.05) is 13.2 Å². The normalized spacial score (nSPS) is 12.3. The number of aliphatic hydroxyl groups is 1. The number of benzene rings is 1. The molecule has 1 N–H and O–H groups in total. The number of aryl methyl sites for hydroxylation is 1. The maximum Gasteiger partial charge on any atom is 0.179 e. The van der Waals surface area contributed by atoms with Crippen molar-refractivity contribution in [3.63, 3.8) is 0 Å². The van der Waals surface area contributed by atoms with E-state index in [1.807, 2.05) is 0 Å². The van der Waals surface area contributed by atoms with Crippen LogP contribution in [0.3, 0.4) is 0 Å². The molecule has 1 atom stereocenters. The summed E-state index contributed by atoms with van der Waals surface area (Å²) in [4.78, 5) is 0. The lowest BCUT2D eigenvalue weighted by atomic mass is 10.1. The highest BCUT2D eigenvalue weighted by Crippen LogP contribution is 2.38. The monoisotopic (exact) mass is 282 g/mol. The van der Waals surface area contributed by atoms with Crippen molar-refractivity contribution in [2.45, 2.75) is 6.10 Å². The molecule has 1 heterocycles. The molecule has 1 aromatic carbocycles. The first-order chi connectivity index (χ1) is 9.06. The van der Waals surface area contributed by atoms with Crippen LogP contribution in [0.2, 0.25) is 5.02 Å². The van der Waals surface area contributed by atoms with Gasteiger partial charge in [-0.2, -0.15) is 5.10 Å². The Labute approximate surface area is 116 Å². The predicted molar refractivity (Wildman–Crippen MR) is 71.8 cm³/mol. The van der Waals surface area contributed by atoms with Crippen LogP contribution in [0.4, 0.5) is 0 Å². The van der Waals surface area contributed by atoms with Crippen molar-refractivity contribution in [1.82, 2.24) is 9.78 Å². The summed E-state index contributed by atoms with van der Waals surface area (Å²) in [5.74, 6) is 0.918. The van der Waals surface area contributed by atoms with Crippen LogP contribution in [0, 0.1) is 0 Å². The van der Waals surface area contributed by atoms with Crippen LogP contribution in [0.15, 0.2) is 24.4 Å². The number of methoxy groups -OCH3 is 2. The molecular formula is C13H15ClN2O3. The molecule has 0 radical (unpaired) electrons. The highest BCUT2D eigenvalue weighted by atomic mass is 35.5. The summed E-state index contributed by atoms with van der Waals surface area (Å²) in [6, 6.07) is 5.07. The lowest BCUT2D eigenvalue weighted by Gasteiger charge is -2.14. The van der Waals surface area contributed by atoms with Gasteiger partial charge in [0.15, 0.2) is 11.5 Å². The molecule has 2 aromatic rings. The Kier molecular flexibility index (Phi) is 3.97. The van der Waals surface area contributed by atoms with Crippen LogP contribution in [0.1, 0.15) is 17.4 Å². The van der Waals surface area contributed by atoms with Gasteiger partial charge in [0.05, 0.1) is 24.9 Å². The lowest BCUT2D eigenvalue weighted by Crippen LogP contribution is -2.03. The van der Waals surface area contributed by atoms with Crippen molar-refractivity contribution in [3.8, 4) is 11.5 Å². The van der Waals surface area contributed by atoms with Gasteiger partial charge in [-0.1, -0.05) is 11.6 Å². The van der Waals surface area contributed by atoms with Crippen LogP contribution < -0.4 is 9.47 Å². The van der Waals surface area contributed by atoms with Crippen LogP contribution in [-0.4, -0.2) is 29.1 Å². The Hall–Kier alpha value is -1.72. The molecule has 0 aliphatic rings. The van der Waals surface area contributed by atoms with Gasteiger partial charge < -0.3 is 14.6 Å². The van der Waals surface area contributed by atoms with Crippen molar-refractivity contribution in [2.75, 3.05) is 14.2 Å². The van der Waals surface area contributed by atoms with Crippen molar-refractivity contribution < 1.29 is 14.6 Å². The number of aromatic nitrogens is 2. The van der Waals surface area contributed by atoms with E-state index >= 15 is 0 Å². The molecule has 6 heteroatoms. The van der Waals surface area contributed by atoms with E-state index in [-0.39, 0.29) is 0 Å². The SMILES string of the molecule is COc1cc(C(O)c2ccn(C)n2)cc(Cl)c1OC. The fourth-order valence-corrected chi connectivity index (χ4v) is 2.14.